The van der Waals surface area contributed by atoms with Gasteiger partial charge in [-0.15, -0.1) is 11.3 Å². The molecule has 0 radical (unpaired) electrons. The minimum absolute atomic E-state index is 0.0381. The highest BCUT2D eigenvalue weighted by Gasteiger charge is 2.10. The third-order valence-corrected chi connectivity index (χ3v) is 3.05. The zero-order chi connectivity index (χ0) is 10.8. The molecule has 0 aromatic carbocycles. The first-order valence-electron chi connectivity index (χ1n) is 4.24. The van der Waals surface area contributed by atoms with Gasteiger partial charge in [0.1, 0.15) is 0 Å². The van der Waals surface area contributed by atoms with Crippen LogP contribution >= 0.6 is 11.3 Å². The summed E-state index contributed by atoms with van der Waals surface area (Å²) in [5, 5.41) is 0. The molecule has 15 heavy (non-hydrogen) atoms. The maximum atomic E-state index is 12.3. The van der Waals surface area contributed by atoms with E-state index >= 15 is 0 Å². The van der Waals surface area contributed by atoms with Gasteiger partial charge in [-0.25, -0.2) is 8.78 Å². The van der Waals surface area contributed by atoms with Crippen LogP contribution in [0.4, 0.5) is 8.78 Å². The summed E-state index contributed by atoms with van der Waals surface area (Å²) in [6.45, 7) is 0. The van der Waals surface area contributed by atoms with Crippen molar-refractivity contribution in [1.82, 2.24) is 4.98 Å². The van der Waals surface area contributed by atoms with Gasteiger partial charge in [0.15, 0.2) is 0 Å². The average molecular weight is 227 g/mol. The van der Waals surface area contributed by atoms with Crippen molar-refractivity contribution in [2.24, 2.45) is 0 Å². The Balaban J connectivity index is 2.37. The molecule has 0 amide bonds. The van der Waals surface area contributed by atoms with E-state index in [4.69, 9.17) is 0 Å². The number of H-pyrrole nitrogens is 1. The first-order chi connectivity index (χ1) is 7.16. The Morgan fingerprint density at radius 1 is 1.20 bits per heavy atom. The van der Waals surface area contributed by atoms with Crippen LogP contribution in [0.25, 0.3) is 10.4 Å². The number of rotatable bonds is 2. The molecular formula is C10H7F2NOS. The van der Waals surface area contributed by atoms with Crippen LogP contribution in [-0.4, -0.2) is 4.98 Å². The second-order valence-corrected chi connectivity index (χ2v) is 4.06. The highest BCUT2D eigenvalue weighted by atomic mass is 32.1. The van der Waals surface area contributed by atoms with Crippen LogP contribution in [-0.2, 0) is 0 Å². The molecule has 78 valence electrons. The van der Waals surface area contributed by atoms with Gasteiger partial charge in [0.05, 0.1) is 4.88 Å². The van der Waals surface area contributed by atoms with Crippen molar-refractivity contribution in [2.75, 3.05) is 0 Å². The number of hydrogen-bond acceptors (Lipinski definition) is 2. The minimum atomic E-state index is -2.44. The van der Waals surface area contributed by atoms with Crippen molar-refractivity contribution in [1.29, 1.82) is 0 Å². The number of hydrogen-bond donors (Lipinski definition) is 1. The van der Waals surface area contributed by atoms with Crippen molar-refractivity contribution in [3.63, 3.8) is 0 Å². The number of pyridine rings is 1. The maximum absolute atomic E-state index is 12.3. The lowest BCUT2D eigenvalue weighted by Gasteiger charge is -1.95. The second-order valence-electron chi connectivity index (χ2n) is 2.94. The molecule has 2 nitrogen and oxygen atoms in total. The smallest absolute Gasteiger partial charge is 0.272 e. The fourth-order valence-electron chi connectivity index (χ4n) is 1.19. The monoisotopic (exact) mass is 227 g/mol. The van der Waals surface area contributed by atoms with Crippen LogP contribution < -0.4 is 5.56 Å². The zero-order valence-corrected chi connectivity index (χ0v) is 8.35. The van der Waals surface area contributed by atoms with Crippen LogP contribution in [0.1, 0.15) is 11.3 Å². The molecule has 2 heterocycles. The fraction of sp³-hybridized carbons (Fsp3) is 0.100. The van der Waals surface area contributed by atoms with Crippen molar-refractivity contribution >= 4 is 11.3 Å². The quantitative estimate of drug-likeness (QED) is 0.840. The van der Waals surface area contributed by atoms with Crippen LogP contribution in [0.2, 0.25) is 0 Å². The van der Waals surface area contributed by atoms with E-state index in [0.717, 1.165) is 21.8 Å². The molecule has 0 unspecified atom stereocenters. The third kappa shape index (κ3) is 2.12. The topological polar surface area (TPSA) is 32.9 Å². The molecule has 0 saturated heterocycles. The Morgan fingerprint density at radius 2 is 2.00 bits per heavy atom. The second kappa shape index (κ2) is 3.94. The number of aromatic nitrogens is 1. The molecule has 0 aliphatic carbocycles. The Bertz CT molecular complexity index is 498. The van der Waals surface area contributed by atoms with Gasteiger partial charge in [-0.05, 0) is 18.2 Å². The SMILES string of the molecule is O=c1ccc(-c2ccc(C(F)F)s2)c[nH]1. The van der Waals surface area contributed by atoms with Crippen molar-refractivity contribution in [3.05, 3.63) is 45.7 Å². The normalized spacial score (nSPS) is 10.9. The predicted molar refractivity (Wildman–Crippen MR) is 55.3 cm³/mol. The van der Waals surface area contributed by atoms with Crippen molar-refractivity contribution in [2.45, 2.75) is 6.43 Å². The number of aromatic amines is 1. The Kier molecular flexibility index (Phi) is 2.64. The Morgan fingerprint density at radius 3 is 2.53 bits per heavy atom. The van der Waals surface area contributed by atoms with Gasteiger partial charge in [-0.3, -0.25) is 4.79 Å². The van der Waals surface area contributed by atoms with Gasteiger partial charge in [-0.1, -0.05) is 0 Å². The van der Waals surface area contributed by atoms with Gasteiger partial charge in [0, 0.05) is 22.7 Å². The molecule has 0 aliphatic heterocycles. The average Bonchev–Trinajstić information content (AvgIpc) is 2.68. The fourth-order valence-corrected chi connectivity index (χ4v) is 2.05. The molecule has 0 saturated carbocycles. The maximum Gasteiger partial charge on any atom is 0.272 e. The molecule has 0 fully saturated rings. The molecule has 0 aliphatic rings. The first kappa shape index (κ1) is 10.0. The van der Waals surface area contributed by atoms with Gasteiger partial charge in [-0.2, -0.15) is 0 Å². The van der Waals surface area contributed by atoms with E-state index in [9.17, 15) is 13.6 Å². The van der Waals surface area contributed by atoms with Crippen molar-refractivity contribution in [3.8, 4) is 10.4 Å². The van der Waals surface area contributed by atoms with Crippen LogP contribution in [0, 0.1) is 0 Å². The molecule has 0 bridgehead atoms. The number of thiophene rings is 1. The summed E-state index contributed by atoms with van der Waals surface area (Å²) in [5.41, 5.74) is 0.538. The zero-order valence-electron chi connectivity index (χ0n) is 7.54. The number of nitrogens with one attached hydrogen (secondary N) is 1. The Labute approximate surface area is 88.2 Å². The largest absolute Gasteiger partial charge is 0.328 e. The van der Waals surface area contributed by atoms with E-state index < -0.39 is 6.43 Å². The minimum Gasteiger partial charge on any atom is -0.328 e. The van der Waals surface area contributed by atoms with Crippen LogP contribution in [0.15, 0.2) is 35.3 Å². The van der Waals surface area contributed by atoms with E-state index in [-0.39, 0.29) is 10.4 Å². The van der Waals surface area contributed by atoms with Gasteiger partial charge in [0.2, 0.25) is 5.56 Å². The molecular weight excluding hydrogens is 220 g/mol. The van der Waals surface area contributed by atoms with Gasteiger partial charge in [0.25, 0.3) is 6.43 Å². The predicted octanol–water partition coefficient (Wildman–Crippen LogP) is 3.04. The van der Waals surface area contributed by atoms with Gasteiger partial charge >= 0.3 is 0 Å². The molecule has 2 rings (SSSR count). The highest BCUT2D eigenvalue weighted by Crippen LogP contribution is 2.32. The van der Waals surface area contributed by atoms with E-state index in [1.807, 2.05) is 0 Å². The van der Waals surface area contributed by atoms with E-state index in [1.165, 1.54) is 18.3 Å². The van der Waals surface area contributed by atoms with E-state index in [2.05, 4.69) is 4.98 Å². The van der Waals surface area contributed by atoms with Crippen LogP contribution in [0.5, 0.6) is 0 Å². The molecule has 2 aromatic heterocycles. The molecule has 0 spiro atoms. The summed E-state index contributed by atoms with van der Waals surface area (Å²) in [4.78, 5) is 14.1. The van der Waals surface area contributed by atoms with Crippen molar-refractivity contribution < 1.29 is 8.78 Å². The molecule has 0 atom stereocenters. The number of halogens is 2. The van der Waals surface area contributed by atoms with E-state index in [1.54, 1.807) is 12.1 Å². The standard InChI is InChI=1S/C10H7F2NOS/c11-10(12)8-3-2-7(15-8)6-1-4-9(14)13-5-6/h1-5,10H,(H,13,14). The summed E-state index contributed by atoms with van der Waals surface area (Å²) in [6.07, 6.45) is -0.921. The molecule has 2 aromatic rings. The summed E-state index contributed by atoms with van der Waals surface area (Å²) in [7, 11) is 0. The molecule has 1 N–H and O–H groups in total. The first-order valence-corrected chi connectivity index (χ1v) is 5.05. The van der Waals surface area contributed by atoms with Gasteiger partial charge < -0.3 is 4.98 Å². The summed E-state index contributed by atoms with van der Waals surface area (Å²) >= 11 is 1.03. The highest BCUT2D eigenvalue weighted by molar-refractivity contribution is 7.15. The summed E-state index contributed by atoms with van der Waals surface area (Å²) < 4.78 is 24.6. The van der Waals surface area contributed by atoms with E-state index in [0.29, 0.717) is 0 Å². The number of alkyl halides is 2. The summed E-state index contributed by atoms with van der Waals surface area (Å²) in [6, 6.07) is 6.01. The lowest BCUT2D eigenvalue weighted by Crippen LogP contribution is -2.00. The summed E-state index contributed by atoms with van der Waals surface area (Å²) in [5.74, 6) is 0. The Hall–Kier alpha value is -1.49. The third-order valence-electron chi connectivity index (χ3n) is 1.91. The lowest BCUT2D eigenvalue weighted by molar-refractivity contribution is 0.155. The molecule has 5 heteroatoms. The van der Waals surface area contributed by atoms with Crippen LogP contribution in [0.3, 0.4) is 0 Å². The lowest BCUT2D eigenvalue weighted by atomic mass is 10.2.